The highest BCUT2D eigenvalue weighted by Crippen LogP contribution is 2.34. The number of fused-ring (bicyclic) bond motifs is 1. The van der Waals surface area contributed by atoms with Crippen LogP contribution in [0.5, 0.6) is 0 Å². The van der Waals surface area contributed by atoms with E-state index < -0.39 is 0 Å². The van der Waals surface area contributed by atoms with Gasteiger partial charge in [-0.2, -0.15) is 0 Å². The largest absolute Gasteiger partial charge is 0.459 e. The highest BCUT2D eigenvalue weighted by Gasteiger charge is 2.18. The lowest BCUT2D eigenvalue weighted by Crippen LogP contribution is -2.23. The third kappa shape index (κ3) is 2.96. The van der Waals surface area contributed by atoms with Gasteiger partial charge in [-0.15, -0.1) is 13.2 Å². The summed E-state index contributed by atoms with van der Waals surface area (Å²) >= 11 is 0. The number of para-hydroxylation sites is 1. The molecule has 1 aromatic heterocycles. The van der Waals surface area contributed by atoms with Crippen LogP contribution in [0.25, 0.3) is 11.0 Å². The number of benzene rings is 1. The van der Waals surface area contributed by atoms with Crippen LogP contribution in [0.15, 0.2) is 54.0 Å². The zero-order chi connectivity index (χ0) is 14.4. The lowest BCUT2D eigenvalue weighted by Gasteiger charge is -2.21. The van der Waals surface area contributed by atoms with Crippen LogP contribution in [0, 0.1) is 0 Å². The van der Waals surface area contributed by atoms with Crippen LogP contribution in [0.3, 0.4) is 0 Å². The Labute approximate surface area is 121 Å². The first kappa shape index (κ1) is 14.4. The monoisotopic (exact) mass is 269 g/mol. The van der Waals surface area contributed by atoms with E-state index in [1.165, 1.54) is 17.5 Å². The molecule has 2 rings (SSSR count). The molecule has 2 heteroatoms. The van der Waals surface area contributed by atoms with Gasteiger partial charge in [-0.3, -0.25) is 0 Å². The topological polar surface area (TPSA) is 16.4 Å². The second-order valence-electron chi connectivity index (χ2n) is 4.96. The van der Waals surface area contributed by atoms with E-state index in [4.69, 9.17) is 4.42 Å². The second kappa shape index (κ2) is 6.99. The fourth-order valence-corrected chi connectivity index (χ4v) is 2.50. The Morgan fingerprint density at radius 3 is 2.50 bits per heavy atom. The number of rotatable bonds is 8. The fraction of sp³-hybridized carbons (Fsp3) is 0.333. The number of aryl methyl sites for hydroxylation is 1. The number of hydrogen-bond acceptors (Lipinski definition) is 2. The van der Waals surface area contributed by atoms with Crippen molar-refractivity contribution < 1.29 is 4.42 Å². The zero-order valence-corrected chi connectivity index (χ0v) is 12.3. The number of hydrogen-bond donors (Lipinski definition) is 0. The molecule has 0 spiro atoms. The summed E-state index contributed by atoms with van der Waals surface area (Å²) in [4.78, 5) is 2.27. The first-order valence-electron chi connectivity index (χ1n) is 7.29. The van der Waals surface area contributed by atoms with Crippen LogP contribution in [-0.2, 0) is 6.42 Å². The van der Waals surface area contributed by atoms with E-state index in [-0.39, 0.29) is 0 Å². The summed E-state index contributed by atoms with van der Waals surface area (Å²) in [5.74, 6) is 1.08. The van der Waals surface area contributed by atoms with Crippen LogP contribution >= 0.6 is 0 Å². The summed E-state index contributed by atoms with van der Waals surface area (Å²) in [5.41, 5.74) is 2.17. The Bertz CT molecular complexity index is 572. The Morgan fingerprint density at radius 1 is 1.15 bits per heavy atom. The van der Waals surface area contributed by atoms with Crippen molar-refractivity contribution in [3.8, 4) is 0 Å². The molecule has 0 atom stereocenters. The summed E-state index contributed by atoms with van der Waals surface area (Å²) in [6.45, 7) is 11.5. The molecule has 0 unspecified atom stereocenters. The molecular weight excluding hydrogens is 246 g/mol. The number of unbranched alkanes of at least 4 members (excludes halogenated alkanes) is 1. The van der Waals surface area contributed by atoms with Gasteiger partial charge in [-0.1, -0.05) is 37.6 Å². The van der Waals surface area contributed by atoms with Gasteiger partial charge >= 0.3 is 0 Å². The van der Waals surface area contributed by atoms with Crippen molar-refractivity contribution in [1.29, 1.82) is 0 Å². The molecule has 2 nitrogen and oxygen atoms in total. The number of furan rings is 1. The van der Waals surface area contributed by atoms with E-state index in [9.17, 15) is 0 Å². The maximum atomic E-state index is 6.06. The van der Waals surface area contributed by atoms with Gasteiger partial charge in [-0.05, 0) is 18.6 Å². The summed E-state index contributed by atoms with van der Waals surface area (Å²) < 4.78 is 6.06. The maximum Gasteiger partial charge on any atom is 0.136 e. The molecule has 2 aromatic rings. The maximum absolute atomic E-state index is 6.06. The normalized spacial score (nSPS) is 10.7. The summed E-state index contributed by atoms with van der Waals surface area (Å²) in [5, 5.41) is 1.18. The molecule has 0 radical (unpaired) electrons. The first-order chi connectivity index (χ1) is 9.81. The molecule has 0 saturated heterocycles. The Kier molecular flexibility index (Phi) is 5.05. The van der Waals surface area contributed by atoms with Crippen LogP contribution < -0.4 is 4.90 Å². The van der Waals surface area contributed by atoms with Gasteiger partial charge in [0.2, 0.25) is 0 Å². The number of nitrogens with zero attached hydrogens (tertiary/aromatic N) is 1. The van der Waals surface area contributed by atoms with Crippen molar-refractivity contribution in [2.75, 3.05) is 18.0 Å². The van der Waals surface area contributed by atoms with Crippen molar-refractivity contribution in [3.63, 3.8) is 0 Å². The molecule has 1 aromatic carbocycles. The standard InChI is InChI=1S/C18H23NO/c1-4-7-11-17-18(19(13-5-2)14-6-3)15-10-8-9-12-16(15)20-17/h5-6,8-10,12H,2-4,7,11,13-14H2,1H3. The SMILES string of the molecule is C=CCN(CC=C)c1c(CCCC)oc2ccccc12. The summed E-state index contributed by atoms with van der Waals surface area (Å²) in [6, 6.07) is 8.24. The van der Waals surface area contributed by atoms with Crippen molar-refractivity contribution in [1.82, 2.24) is 0 Å². The Balaban J connectivity index is 2.49. The van der Waals surface area contributed by atoms with Gasteiger partial charge < -0.3 is 9.32 Å². The van der Waals surface area contributed by atoms with Gasteiger partial charge in [-0.25, -0.2) is 0 Å². The lowest BCUT2D eigenvalue weighted by atomic mass is 10.1. The van der Waals surface area contributed by atoms with Crippen molar-refractivity contribution in [2.45, 2.75) is 26.2 Å². The third-order valence-electron chi connectivity index (χ3n) is 3.41. The van der Waals surface area contributed by atoms with E-state index in [0.29, 0.717) is 0 Å². The zero-order valence-electron chi connectivity index (χ0n) is 12.3. The molecule has 0 aliphatic carbocycles. The summed E-state index contributed by atoms with van der Waals surface area (Å²) in [6.07, 6.45) is 7.14. The van der Waals surface area contributed by atoms with Crippen LogP contribution in [0.1, 0.15) is 25.5 Å². The quantitative estimate of drug-likeness (QED) is 0.630. The van der Waals surface area contributed by atoms with Crippen LogP contribution in [0.4, 0.5) is 5.69 Å². The van der Waals surface area contributed by atoms with Crippen LogP contribution in [0.2, 0.25) is 0 Å². The highest BCUT2D eigenvalue weighted by molar-refractivity contribution is 5.93. The van der Waals surface area contributed by atoms with Gasteiger partial charge in [0.1, 0.15) is 11.3 Å². The molecule has 1 heterocycles. The van der Waals surface area contributed by atoms with E-state index in [1.807, 2.05) is 24.3 Å². The molecule has 0 saturated carbocycles. The molecule has 0 aliphatic rings. The minimum absolute atomic E-state index is 0.800. The van der Waals surface area contributed by atoms with E-state index in [0.717, 1.165) is 37.3 Å². The van der Waals surface area contributed by atoms with Gasteiger partial charge in [0.25, 0.3) is 0 Å². The molecule has 20 heavy (non-hydrogen) atoms. The predicted octanol–water partition coefficient (Wildman–Crippen LogP) is 4.95. The van der Waals surface area contributed by atoms with Gasteiger partial charge in [0.05, 0.1) is 5.69 Å². The summed E-state index contributed by atoms with van der Waals surface area (Å²) in [7, 11) is 0. The smallest absolute Gasteiger partial charge is 0.136 e. The molecule has 0 N–H and O–H groups in total. The lowest BCUT2D eigenvalue weighted by molar-refractivity contribution is 0.535. The highest BCUT2D eigenvalue weighted by atomic mass is 16.3. The van der Waals surface area contributed by atoms with E-state index >= 15 is 0 Å². The van der Waals surface area contributed by atoms with Crippen molar-refractivity contribution in [3.05, 3.63) is 55.3 Å². The van der Waals surface area contributed by atoms with Crippen molar-refractivity contribution in [2.24, 2.45) is 0 Å². The minimum Gasteiger partial charge on any atom is -0.459 e. The Hall–Kier alpha value is -1.96. The predicted molar refractivity (Wildman–Crippen MR) is 87.4 cm³/mol. The Morgan fingerprint density at radius 2 is 1.85 bits per heavy atom. The average Bonchev–Trinajstić information content (AvgIpc) is 2.83. The number of anilines is 1. The molecule has 0 amide bonds. The average molecular weight is 269 g/mol. The first-order valence-corrected chi connectivity index (χ1v) is 7.29. The molecular formula is C18H23NO. The van der Waals surface area contributed by atoms with E-state index in [2.05, 4.69) is 37.1 Å². The molecule has 106 valence electrons. The third-order valence-corrected chi connectivity index (χ3v) is 3.41. The second-order valence-corrected chi connectivity index (χ2v) is 4.96. The van der Waals surface area contributed by atoms with Crippen molar-refractivity contribution >= 4 is 16.7 Å². The van der Waals surface area contributed by atoms with Crippen LogP contribution in [-0.4, -0.2) is 13.1 Å². The van der Waals surface area contributed by atoms with Gasteiger partial charge in [0.15, 0.2) is 0 Å². The fourth-order valence-electron chi connectivity index (χ4n) is 2.50. The van der Waals surface area contributed by atoms with E-state index in [1.54, 1.807) is 0 Å². The molecule has 0 aliphatic heterocycles. The van der Waals surface area contributed by atoms with Gasteiger partial charge in [0, 0.05) is 24.9 Å². The minimum atomic E-state index is 0.800. The molecule has 0 bridgehead atoms. The molecule has 0 fully saturated rings.